The van der Waals surface area contributed by atoms with Crippen molar-refractivity contribution in [2.24, 2.45) is 0 Å². The molecule has 0 amide bonds. The van der Waals surface area contributed by atoms with Gasteiger partial charge in [-0.2, -0.15) is 22.1 Å². The lowest BCUT2D eigenvalue weighted by Gasteiger charge is -2.16. The van der Waals surface area contributed by atoms with Crippen molar-refractivity contribution in [1.29, 1.82) is 0 Å². The van der Waals surface area contributed by atoms with Gasteiger partial charge in [-0.15, -0.1) is 0 Å². The zero-order valence-corrected chi connectivity index (χ0v) is 11.8. The molecule has 0 saturated carbocycles. The summed E-state index contributed by atoms with van der Waals surface area (Å²) >= 11 is 0. The molecule has 0 unspecified atom stereocenters. The zero-order valence-electron chi connectivity index (χ0n) is 11.8. The van der Waals surface area contributed by atoms with E-state index < -0.39 is 23.2 Å². The first-order valence-electron chi connectivity index (χ1n) is 7.00. The molecule has 23 heavy (non-hydrogen) atoms. The van der Waals surface area contributed by atoms with E-state index in [0.29, 0.717) is 0 Å². The number of aromatic nitrogens is 1. The van der Waals surface area contributed by atoms with Crippen LogP contribution in [0.5, 0.6) is 0 Å². The highest BCUT2D eigenvalue weighted by molar-refractivity contribution is 5.97. The van der Waals surface area contributed by atoms with Gasteiger partial charge in [-0.25, -0.2) is 0 Å². The Balaban J connectivity index is 1.96. The standard InChI is InChI=1S/C17H11F4N2/c18-14-6-2-5-13(17(19,20)21)16(14)23-9-12-4-1-3-11-7-8-22(10-23)15(11)12/h1-9H,10H2/q+1. The summed E-state index contributed by atoms with van der Waals surface area (Å²) in [5, 5.41) is 1.00. The highest BCUT2D eigenvalue weighted by atomic mass is 19.4. The van der Waals surface area contributed by atoms with Crippen LogP contribution in [0.15, 0.2) is 48.7 Å². The smallest absolute Gasteiger partial charge is 0.291 e. The lowest BCUT2D eigenvalue weighted by Crippen LogP contribution is -2.22. The Morgan fingerprint density at radius 1 is 1.00 bits per heavy atom. The van der Waals surface area contributed by atoms with Crippen LogP contribution >= 0.6 is 0 Å². The van der Waals surface area contributed by atoms with Gasteiger partial charge >= 0.3 is 6.18 Å². The molecule has 0 aliphatic carbocycles. The number of hydrogen-bond donors (Lipinski definition) is 0. The van der Waals surface area contributed by atoms with Crippen LogP contribution in [-0.2, 0) is 12.8 Å². The molecule has 116 valence electrons. The molecule has 2 aromatic carbocycles. The minimum Gasteiger partial charge on any atom is -0.291 e. The van der Waals surface area contributed by atoms with E-state index in [2.05, 4.69) is 0 Å². The van der Waals surface area contributed by atoms with Crippen LogP contribution in [0.25, 0.3) is 10.9 Å². The quantitative estimate of drug-likeness (QED) is 0.460. The third-order valence-electron chi connectivity index (χ3n) is 4.00. The first kappa shape index (κ1) is 14.0. The molecular weight excluding hydrogens is 308 g/mol. The van der Waals surface area contributed by atoms with Gasteiger partial charge in [0.1, 0.15) is 5.56 Å². The van der Waals surface area contributed by atoms with E-state index in [4.69, 9.17) is 0 Å². The summed E-state index contributed by atoms with van der Waals surface area (Å²) in [5.41, 5.74) is 0.275. The first-order valence-corrected chi connectivity index (χ1v) is 7.00. The Morgan fingerprint density at radius 2 is 1.78 bits per heavy atom. The van der Waals surface area contributed by atoms with E-state index in [9.17, 15) is 17.6 Å². The fourth-order valence-electron chi connectivity index (χ4n) is 3.06. The molecule has 1 aromatic heterocycles. The maximum atomic E-state index is 14.2. The van der Waals surface area contributed by atoms with Crippen LogP contribution in [-0.4, -0.2) is 15.4 Å². The van der Waals surface area contributed by atoms with Crippen LogP contribution < -0.4 is 0 Å². The third-order valence-corrected chi connectivity index (χ3v) is 4.00. The minimum absolute atomic E-state index is 0.129. The summed E-state index contributed by atoms with van der Waals surface area (Å²) in [6, 6.07) is 10.5. The van der Waals surface area contributed by atoms with Crippen LogP contribution in [0.4, 0.5) is 23.2 Å². The molecule has 1 aliphatic heterocycles. The Bertz CT molecular complexity index is 951. The number of hydrogen-bond acceptors (Lipinski definition) is 0. The molecular formula is C17H11F4N2+. The Kier molecular flexibility index (Phi) is 2.85. The highest BCUT2D eigenvalue weighted by Gasteiger charge is 2.40. The summed E-state index contributed by atoms with van der Waals surface area (Å²) in [6.45, 7) is 0.129. The molecule has 0 atom stereocenters. The van der Waals surface area contributed by atoms with Crippen molar-refractivity contribution in [2.45, 2.75) is 12.8 Å². The predicted octanol–water partition coefficient (Wildman–Crippen LogP) is 4.53. The Hall–Kier alpha value is -2.63. The maximum absolute atomic E-state index is 14.2. The molecule has 0 bridgehead atoms. The number of para-hydroxylation sites is 2. The molecule has 1 aliphatic rings. The average molecular weight is 319 g/mol. The van der Waals surface area contributed by atoms with Crippen LogP contribution in [0.2, 0.25) is 0 Å². The average Bonchev–Trinajstić information content (AvgIpc) is 2.91. The normalized spacial score (nSPS) is 14.2. The highest BCUT2D eigenvalue weighted by Crippen LogP contribution is 2.38. The fourth-order valence-corrected chi connectivity index (χ4v) is 3.06. The van der Waals surface area contributed by atoms with Gasteiger partial charge in [0.25, 0.3) is 5.69 Å². The maximum Gasteiger partial charge on any atom is 0.422 e. The van der Waals surface area contributed by atoms with Crippen molar-refractivity contribution in [3.63, 3.8) is 0 Å². The molecule has 0 radical (unpaired) electrons. The van der Waals surface area contributed by atoms with Crippen molar-refractivity contribution in [2.75, 3.05) is 0 Å². The van der Waals surface area contributed by atoms with Crippen LogP contribution in [0.3, 0.4) is 0 Å². The van der Waals surface area contributed by atoms with Gasteiger partial charge in [-0.05, 0) is 24.3 Å². The Morgan fingerprint density at radius 3 is 2.57 bits per heavy atom. The second-order valence-electron chi connectivity index (χ2n) is 5.44. The van der Waals surface area contributed by atoms with E-state index in [1.54, 1.807) is 18.5 Å². The van der Waals surface area contributed by atoms with E-state index in [-0.39, 0.29) is 6.67 Å². The molecule has 2 nitrogen and oxygen atoms in total. The molecule has 2 heterocycles. The molecule has 6 heteroatoms. The third kappa shape index (κ3) is 2.13. The zero-order chi connectivity index (χ0) is 16.2. The summed E-state index contributed by atoms with van der Waals surface area (Å²) in [7, 11) is 0. The van der Waals surface area contributed by atoms with Gasteiger partial charge in [0, 0.05) is 11.6 Å². The SMILES string of the molecule is Fc1cccc(C(F)(F)F)c1[N+]1=Cc2cccc3ccn(c23)C1. The van der Waals surface area contributed by atoms with E-state index in [1.807, 2.05) is 22.8 Å². The number of alkyl halides is 3. The van der Waals surface area contributed by atoms with E-state index in [1.165, 1.54) is 4.58 Å². The predicted molar refractivity (Wildman–Crippen MR) is 78.4 cm³/mol. The first-order chi connectivity index (χ1) is 10.9. The second-order valence-corrected chi connectivity index (χ2v) is 5.44. The Labute approximate surface area is 128 Å². The molecule has 0 spiro atoms. The lowest BCUT2D eigenvalue weighted by atomic mass is 10.1. The van der Waals surface area contributed by atoms with Gasteiger partial charge in [0.2, 0.25) is 6.67 Å². The summed E-state index contributed by atoms with van der Waals surface area (Å²) in [4.78, 5) is 0. The van der Waals surface area contributed by atoms with Gasteiger partial charge in [-0.3, -0.25) is 4.57 Å². The van der Waals surface area contributed by atoms with Gasteiger partial charge < -0.3 is 0 Å². The van der Waals surface area contributed by atoms with E-state index >= 15 is 0 Å². The van der Waals surface area contributed by atoms with Crippen molar-refractivity contribution in [1.82, 2.24) is 4.57 Å². The van der Waals surface area contributed by atoms with Crippen molar-refractivity contribution >= 4 is 22.8 Å². The molecule has 0 fully saturated rings. The molecule has 0 N–H and O–H groups in total. The fraction of sp³-hybridized carbons (Fsp3) is 0.118. The monoisotopic (exact) mass is 319 g/mol. The van der Waals surface area contributed by atoms with Gasteiger partial charge in [-0.1, -0.05) is 18.2 Å². The summed E-state index contributed by atoms with van der Waals surface area (Å²) < 4.78 is 57.0. The topological polar surface area (TPSA) is 7.94 Å². The van der Waals surface area contributed by atoms with Gasteiger partial charge in [0.05, 0.1) is 11.1 Å². The van der Waals surface area contributed by atoms with Crippen LogP contribution in [0, 0.1) is 5.82 Å². The largest absolute Gasteiger partial charge is 0.422 e. The second kappa shape index (κ2) is 4.68. The lowest BCUT2D eigenvalue weighted by molar-refractivity contribution is -0.475. The summed E-state index contributed by atoms with van der Waals surface area (Å²) in [6.07, 6.45) is -1.26. The van der Waals surface area contributed by atoms with Crippen molar-refractivity contribution in [3.05, 3.63) is 65.6 Å². The number of benzene rings is 2. The van der Waals surface area contributed by atoms with E-state index in [0.717, 1.165) is 34.7 Å². The summed E-state index contributed by atoms with van der Waals surface area (Å²) in [5.74, 6) is -0.890. The van der Waals surface area contributed by atoms with Crippen LogP contribution in [0.1, 0.15) is 11.1 Å². The van der Waals surface area contributed by atoms with Gasteiger partial charge in [0.15, 0.2) is 12.0 Å². The molecule has 4 rings (SSSR count). The molecule has 0 saturated heterocycles. The van der Waals surface area contributed by atoms with Crippen molar-refractivity contribution in [3.8, 4) is 0 Å². The minimum atomic E-state index is -4.62. The number of halogens is 4. The number of nitrogens with zero attached hydrogens (tertiary/aromatic N) is 2. The molecule has 3 aromatic rings. The van der Waals surface area contributed by atoms with Crippen molar-refractivity contribution < 1.29 is 22.1 Å². The number of rotatable bonds is 1.